The molecule has 1 N–H and O–H groups in total. The van der Waals surface area contributed by atoms with Gasteiger partial charge in [-0.25, -0.2) is 0 Å². The molecule has 0 spiro atoms. The van der Waals surface area contributed by atoms with Crippen LogP contribution in [-0.4, -0.2) is 26.8 Å². The third-order valence-electron chi connectivity index (χ3n) is 1.66. The fourth-order valence-corrected chi connectivity index (χ4v) is 1.11. The van der Waals surface area contributed by atoms with Gasteiger partial charge in [-0.15, -0.1) is 0 Å². The van der Waals surface area contributed by atoms with Crippen molar-refractivity contribution in [3.05, 3.63) is 0 Å². The third kappa shape index (κ3) is 4.77. The van der Waals surface area contributed by atoms with Crippen molar-refractivity contribution in [2.75, 3.05) is 20.8 Å². The lowest BCUT2D eigenvalue weighted by atomic mass is 10.2. The van der Waals surface area contributed by atoms with Gasteiger partial charge in [0.05, 0.1) is 0 Å². The molecule has 1 unspecified atom stereocenters. The van der Waals surface area contributed by atoms with E-state index in [0.717, 1.165) is 6.04 Å². The lowest BCUT2D eigenvalue weighted by Crippen LogP contribution is -2.19. The summed E-state index contributed by atoms with van der Waals surface area (Å²) in [6.45, 7) is 3.49. The van der Waals surface area contributed by atoms with Crippen LogP contribution >= 0.6 is 0 Å². The number of methoxy groups -OCH3 is 1. The van der Waals surface area contributed by atoms with E-state index in [4.69, 9.17) is 0 Å². The minimum absolute atomic E-state index is 0.847. The number of nitrogens with one attached hydrogen (secondary N) is 1. The second kappa shape index (κ2) is 7.03. The first-order valence-electron chi connectivity index (χ1n) is 3.98. The molecule has 1 rings (SSSR count). The van der Waals surface area contributed by atoms with E-state index in [1.165, 1.54) is 25.8 Å². The Morgan fingerprint density at radius 1 is 1.50 bits per heavy atom. The van der Waals surface area contributed by atoms with Gasteiger partial charge >= 0.3 is 0 Å². The molecule has 10 heavy (non-hydrogen) atoms. The van der Waals surface area contributed by atoms with Crippen LogP contribution in [0.1, 0.15) is 26.2 Å². The van der Waals surface area contributed by atoms with Crippen molar-refractivity contribution in [3.63, 3.8) is 0 Å². The van der Waals surface area contributed by atoms with Gasteiger partial charge in [0.15, 0.2) is 0 Å². The fourth-order valence-electron chi connectivity index (χ4n) is 1.11. The van der Waals surface area contributed by atoms with Gasteiger partial charge in [0, 0.05) is 20.3 Å². The zero-order valence-electron chi connectivity index (χ0n) is 7.31. The minimum Gasteiger partial charge on any atom is -0.388 e. The minimum atomic E-state index is 0.847. The summed E-state index contributed by atoms with van der Waals surface area (Å²) in [6, 6.07) is 0.847. The van der Waals surface area contributed by atoms with Crippen molar-refractivity contribution >= 4 is 0 Å². The molecule has 1 atom stereocenters. The summed E-state index contributed by atoms with van der Waals surface area (Å²) < 4.78 is 4.25. The molecule has 0 aromatic heterocycles. The molecule has 2 nitrogen and oxygen atoms in total. The summed E-state index contributed by atoms with van der Waals surface area (Å²) in [5.74, 6) is 0. The van der Waals surface area contributed by atoms with Gasteiger partial charge in [-0.2, -0.15) is 0 Å². The molecule has 1 aliphatic heterocycles. The highest BCUT2D eigenvalue weighted by molar-refractivity contribution is 4.71. The number of ether oxygens (including phenoxy) is 1. The molecule has 0 radical (unpaired) electrons. The van der Waals surface area contributed by atoms with Gasteiger partial charge < -0.3 is 10.1 Å². The van der Waals surface area contributed by atoms with Gasteiger partial charge in [-0.05, 0) is 25.8 Å². The standard InChI is InChI=1S/C6H13N.C2H6O/c1-2-6-4-3-5-7-6;1-3-2/h6-7H,2-5H2,1H3;1-2H3. The summed E-state index contributed by atoms with van der Waals surface area (Å²) in [6.07, 6.45) is 4.09. The third-order valence-corrected chi connectivity index (χ3v) is 1.66. The maximum Gasteiger partial charge on any atom is 0.0351 e. The lowest BCUT2D eigenvalue weighted by molar-refractivity contribution is 0.277. The molecule has 2 heteroatoms. The number of rotatable bonds is 1. The zero-order valence-corrected chi connectivity index (χ0v) is 7.31. The highest BCUT2D eigenvalue weighted by atomic mass is 16.4. The first-order chi connectivity index (χ1) is 4.85. The Morgan fingerprint density at radius 3 is 2.30 bits per heavy atom. The lowest BCUT2D eigenvalue weighted by Gasteiger charge is -2.02. The van der Waals surface area contributed by atoms with E-state index in [2.05, 4.69) is 17.0 Å². The second-order valence-corrected chi connectivity index (χ2v) is 2.61. The summed E-state index contributed by atoms with van der Waals surface area (Å²) in [5.41, 5.74) is 0. The largest absolute Gasteiger partial charge is 0.388 e. The van der Waals surface area contributed by atoms with Crippen LogP contribution in [0.15, 0.2) is 0 Å². The topological polar surface area (TPSA) is 21.3 Å². The van der Waals surface area contributed by atoms with E-state index in [9.17, 15) is 0 Å². The summed E-state index contributed by atoms with van der Waals surface area (Å²) in [4.78, 5) is 0. The molecule has 1 fully saturated rings. The first kappa shape index (κ1) is 9.92. The van der Waals surface area contributed by atoms with Crippen LogP contribution in [0.25, 0.3) is 0 Å². The van der Waals surface area contributed by atoms with Crippen LogP contribution in [0.2, 0.25) is 0 Å². The van der Waals surface area contributed by atoms with Crippen LogP contribution in [0.3, 0.4) is 0 Å². The Balaban J connectivity index is 0.000000236. The van der Waals surface area contributed by atoms with Gasteiger partial charge in [-0.3, -0.25) is 0 Å². The fraction of sp³-hybridized carbons (Fsp3) is 1.00. The Bertz CT molecular complexity index is 60.3. The Labute approximate surface area is 64.0 Å². The molecular weight excluding hydrogens is 126 g/mol. The van der Waals surface area contributed by atoms with Gasteiger partial charge in [0.1, 0.15) is 0 Å². The molecule has 62 valence electrons. The highest BCUT2D eigenvalue weighted by Gasteiger charge is 2.09. The molecule has 1 heterocycles. The molecule has 1 aliphatic rings. The van der Waals surface area contributed by atoms with Gasteiger partial charge in [0.25, 0.3) is 0 Å². The first-order valence-corrected chi connectivity index (χ1v) is 3.98. The van der Waals surface area contributed by atoms with E-state index in [1.807, 2.05) is 0 Å². The number of hydrogen-bond acceptors (Lipinski definition) is 2. The van der Waals surface area contributed by atoms with Crippen LogP contribution < -0.4 is 5.32 Å². The molecule has 0 aromatic rings. The van der Waals surface area contributed by atoms with E-state index in [-0.39, 0.29) is 0 Å². The molecule has 0 aromatic carbocycles. The SMILES string of the molecule is CCC1CCCN1.COC. The van der Waals surface area contributed by atoms with Crippen molar-refractivity contribution in [3.8, 4) is 0 Å². The molecule has 0 saturated carbocycles. The normalized spacial score (nSPS) is 23.7. The van der Waals surface area contributed by atoms with Crippen molar-refractivity contribution in [2.24, 2.45) is 0 Å². The Kier molecular flexibility index (Phi) is 6.98. The molecule has 0 amide bonds. The van der Waals surface area contributed by atoms with E-state index < -0.39 is 0 Å². The summed E-state index contributed by atoms with van der Waals surface area (Å²) in [7, 11) is 3.25. The number of hydrogen-bond donors (Lipinski definition) is 1. The van der Waals surface area contributed by atoms with E-state index in [1.54, 1.807) is 14.2 Å². The quantitative estimate of drug-likeness (QED) is 0.602. The smallest absolute Gasteiger partial charge is 0.0351 e. The van der Waals surface area contributed by atoms with Crippen molar-refractivity contribution in [1.82, 2.24) is 5.32 Å². The van der Waals surface area contributed by atoms with E-state index >= 15 is 0 Å². The maximum absolute atomic E-state index is 4.25. The van der Waals surface area contributed by atoms with Crippen LogP contribution in [0, 0.1) is 0 Å². The Hall–Kier alpha value is -0.0800. The zero-order chi connectivity index (χ0) is 7.82. The van der Waals surface area contributed by atoms with Crippen LogP contribution in [-0.2, 0) is 4.74 Å². The van der Waals surface area contributed by atoms with E-state index in [0.29, 0.717) is 0 Å². The van der Waals surface area contributed by atoms with Crippen LogP contribution in [0.5, 0.6) is 0 Å². The second-order valence-electron chi connectivity index (χ2n) is 2.61. The predicted molar refractivity (Wildman–Crippen MR) is 44.2 cm³/mol. The Morgan fingerprint density at radius 2 is 2.10 bits per heavy atom. The monoisotopic (exact) mass is 145 g/mol. The van der Waals surface area contributed by atoms with Crippen molar-refractivity contribution < 1.29 is 4.74 Å². The van der Waals surface area contributed by atoms with Crippen molar-refractivity contribution in [2.45, 2.75) is 32.2 Å². The molecular formula is C8H19NO. The maximum atomic E-state index is 4.25. The average Bonchev–Trinajstić information content (AvgIpc) is 2.39. The highest BCUT2D eigenvalue weighted by Crippen LogP contribution is 2.06. The van der Waals surface area contributed by atoms with Crippen molar-refractivity contribution in [1.29, 1.82) is 0 Å². The molecule has 0 bridgehead atoms. The molecule has 1 saturated heterocycles. The van der Waals surface area contributed by atoms with Gasteiger partial charge in [0.2, 0.25) is 0 Å². The predicted octanol–water partition coefficient (Wildman–Crippen LogP) is 1.41. The molecule has 0 aliphatic carbocycles. The van der Waals surface area contributed by atoms with Gasteiger partial charge in [-0.1, -0.05) is 6.92 Å². The summed E-state index contributed by atoms with van der Waals surface area (Å²) in [5, 5.41) is 3.41. The average molecular weight is 145 g/mol. The van der Waals surface area contributed by atoms with Crippen LogP contribution in [0.4, 0.5) is 0 Å². The summed E-state index contributed by atoms with van der Waals surface area (Å²) >= 11 is 0.